The fourth-order valence-electron chi connectivity index (χ4n) is 2.58. The van der Waals surface area contributed by atoms with Gasteiger partial charge in [0.05, 0.1) is 11.0 Å². The molecule has 0 aliphatic heterocycles. The Balaban J connectivity index is 1.80. The Morgan fingerprint density at radius 3 is 2.43 bits per heavy atom. The molecule has 1 heterocycles. The van der Waals surface area contributed by atoms with Crippen LogP contribution in [0.5, 0.6) is 0 Å². The highest BCUT2D eigenvalue weighted by molar-refractivity contribution is 5.75. The fraction of sp³-hybridized carbons (Fsp3) is 0.278. The van der Waals surface area contributed by atoms with Crippen molar-refractivity contribution in [3.8, 4) is 0 Å². The number of imidazole rings is 1. The minimum atomic E-state index is 0.868. The van der Waals surface area contributed by atoms with E-state index in [1.165, 1.54) is 16.6 Å². The molecule has 3 heteroatoms. The van der Waals surface area contributed by atoms with Crippen LogP contribution in [0.15, 0.2) is 48.5 Å². The molecule has 0 fully saturated rings. The Labute approximate surface area is 125 Å². The third-order valence-electron chi connectivity index (χ3n) is 3.84. The predicted octanol–water partition coefficient (Wildman–Crippen LogP) is 3.27. The van der Waals surface area contributed by atoms with Crippen molar-refractivity contribution in [3.05, 3.63) is 65.5 Å². The maximum atomic E-state index is 4.73. The van der Waals surface area contributed by atoms with Gasteiger partial charge in [-0.25, -0.2) is 4.98 Å². The summed E-state index contributed by atoms with van der Waals surface area (Å²) in [6.45, 7) is 4.06. The van der Waals surface area contributed by atoms with Crippen molar-refractivity contribution in [2.24, 2.45) is 7.05 Å². The van der Waals surface area contributed by atoms with Crippen LogP contribution >= 0.6 is 0 Å². The van der Waals surface area contributed by atoms with Crippen LogP contribution in [0, 0.1) is 0 Å². The maximum absolute atomic E-state index is 4.73. The van der Waals surface area contributed by atoms with Crippen LogP contribution < -0.4 is 5.32 Å². The standard InChI is InChI=1S/C18H21N3/c1-3-19-13-15-10-8-14(9-11-15)12-18-20-16-6-4-5-7-17(16)21(18)2/h4-11,19H,3,12-13H2,1-2H3. The first-order valence-corrected chi connectivity index (χ1v) is 7.47. The van der Waals surface area contributed by atoms with E-state index in [2.05, 4.69) is 66.3 Å². The van der Waals surface area contributed by atoms with Crippen LogP contribution in [0.25, 0.3) is 11.0 Å². The first-order valence-electron chi connectivity index (χ1n) is 7.47. The third kappa shape index (κ3) is 2.98. The van der Waals surface area contributed by atoms with Crippen molar-refractivity contribution in [2.45, 2.75) is 19.9 Å². The number of hydrogen-bond acceptors (Lipinski definition) is 2. The summed E-state index contributed by atoms with van der Waals surface area (Å²) in [5.74, 6) is 1.11. The first kappa shape index (κ1) is 13.8. The number of aromatic nitrogens is 2. The number of fused-ring (bicyclic) bond motifs is 1. The molecule has 21 heavy (non-hydrogen) atoms. The zero-order valence-electron chi connectivity index (χ0n) is 12.6. The van der Waals surface area contributed by atoms with Crippen molar-refractivity contribution in [1.29, 1.82) is 0 Å². The SMILES string of the molecule is CCNCc1ccc(Cc2nc3ccccc3n2C)cc1. The Morgan fingerprint density at radius 2 is 1.71 bits per heavy atom. The number of nitrogens with zero attached hydrogens (tertiary/aromatic N) is 2. The monoisotopic (exact) mass is 279 g/mol. The summed E-state index contributed by atoms with van der Waals surface area (Å²) >= 11 is 0. The van der Waals surface area contributed by atoms with Gasteiger partial charge in [-0.2, -0.15) is 0 Å². The summed E-state index contributed by atoms with van der Waals surface area (Å²) in [5, 5.41) is 3.34. The Kier molecular flexibility index (Phi) is 4.02. The van der Waals surface area contributed by atoms with Crippen LogP contribution in [0.2, 0.25) is 0 Å². The second kappa shape index (κ2) is 6.10. The minimum absolute atomic E-state index is 0.868. The third-order valence-corrected chi connectivity index (χ3v) is 3.84. The van der Waals surface area contributed by atoms with E-state index >= 15 is 0 Å². The highest BCUT2D eigenvalue weighted by atomic mass is 15.1. The van der Waals surface area contributed by atoms with Crippen molar-refractivity contribution in [3.63, 3.8) is 0 Å². The van der Waals surface area contributed by atoms with Crippen LogP contribution in [-0.2, 0) is 20.0 Å². The molecule has 3 nitrogen and oxygen atoms in total. The lowest BCUT2D eigenvalue weighted by molar-refractivity contribution is 0.726. The van der Waals surface area contributed by atoms with Gasteiger partial charge in [0.1, 0.15) is 5.82 Å². The Morgan fingerprint density at radius 1 is 1.00 bits per heavy atom. The molecule has 0 spiro atoms. The molecule has 1 N–H and O–H groups in total. The van der Waals surface area contributed by atoms with Crippen LogP contribution in [0.1, 0.15) is 23.9 Å². The molecule has 3 aromatic rings. The van der Waals surface area contributed by atoms with Crippen molar-refractivity contribution in [1.82, 2.24) is 14.9 Å². The highest BCUT2D eigenvalue weighted by Crippen LogP contribution is 2.17. The number of aryl methyl sites for hydroxylation is 1. The maximum Gasteiger partial charge on any atom is 0.114 e. The molecule has 0 amide bonds. The summed E-state index contributed by atoms with van der Waals surface area (Å²) in [4.78, 5) is 4.73. The van der Waals surface area contributed by atoms with Gasteiger partial charge in [-0.1, -0.05) is 43.3 Å². The molecule has 2 aromatic carbocycles. The fourth-order valence-corrected chi connectivity index (χ4v) is 2.58. The van der Waals surface area contributed by atoms with E-state index in [1.54, 1.807) is 0 Å². The lowest BCUT2D eigenvalue weighted by Crippen LogP contribution is -2.11. The molecule has 1 aromatic heterocycles. The van der Waals surface area contributed by atoms with E-state index < -0.39 is 0 Å². The Hall–Kier alpha value is -2.13. The van der Waals surface area contributed by atoms with Gasteiger partial charge in [0.15, 0.2) is 0 Å². The summed E-state index contributed by atoms with van der Waals surface area (Å²) < 4.78 is 2.18. The smallest absolute Gasteiger partial charge is 0.114 e. The van der Waals surface area contributed by atoms with Gasteiger partial charge in [-0.05, 0) is 29.8 Å². The number of nitrogens with one attached hydrogen (secondary N) is 1. The average Bonchev–Trinajstić information content (AvgIpc) is 2.83. The summed E-state index contributed by atoms with van der Waals surface area (Å²) in [6, 6.07) is 17.1. The molecule has 0 aliphatic rings. The molecule has 3 rings (SSSR count). The van der Waals surface area contributed by atoms with Crippen LogP contribution in [0.3, 0.4) is 0 Å². The predicted molar refractivity (Wildman–Crippen MR) is 87.3 cm³/mol. The minimum Gasteiger partial charge on any atom is -0.331 e. The Bertz CT molecular complexity index is 726. The van der Waals surface area contributed by atoms with E-state index in [1.807, 2.05) is 6.07 Å². The molecule has 0 saturated heterocycles. The average molecular weight is 279 g/mol. The van der Waals surface area contributed by atoms with E-state index in [-0.39, 0.29) is 0 Å². The highest BCUT2D eigenvalue weighted by Gasteiger charge is 2.07. The van der Waals surface area contributed by atoms with E-state index in [4.69, 9.17) is 4.98 Å². The van der Waals surface area contributed by atoms with Gasteiger partial charge in [0.2, 0.25) is 0 Å². The molecule has 0 unspecified atom stereocenters. The molecule has 0 bridgehead atoms. The van der Waals surface area contributed by atoms with E-state index in [9.17, 15) is 0 Å². The lowest BCUT2D eigenvalue weighted by atomic mass is 10.1. The quantitative estimate of drug-likeness (QED) is 0.777. The summed E-state index contributed by atoms with van der Waals surface area (Å²) in [5.41, 5.74) is 4.88. The molecule has 108 valence electrons. The topological polar surface area (TPSA) is 29.9 Å². The second-order valence-corrected chi connectivity index (χ2v) is 5.35. The van der Waals surface area contributed by atoms with Crippen molar-refractivity contribution >= 4 is 11.0 Å². The van der Waals surface area contributed by atoms with Gasteiger partial charge in [0, 0.05) is 20.0 Å². The largest absolute Gasteiger partial charge is 0.331 e. The van der Waals surface area contributed by atoms with Gasteiger partial charge >= 0.3 is 0 Å². The molecular weight excluding hydrogens is 258 g/mol. The zero-order valence-corrected chi connectivity index (χ0v) is 12.6. The first-order chi connectivity index (χ1) is 10.3. The lowest BCUT2D eigenvalue weighted by Gasteiger charge is -2.05. The van der Waals surface area contributed by atoms with Crippen molar-refractivity contribution in [2.75, 3.05) is 6.54 Å². The number of para-hydroxylation sites is 2. The molecule has 0 atom stereocenters. The van der Waals surface area contributed by atoms with Gasteiger partial charge < -0.3 is 9.88 Å². The normalized spacial score (nSPS) is 11.1. The summed E-state index contributed by atoms with van der Waals surface area (Å²) in [6.07, 6.45) is 0.868. The van der Waals surface area contributed by atoms with E-state index in [0.29, 0.717) is 0 Å². The van der Waals surface area contributed by atoms with Crippen molar-refractivity contribution < 1.29 is 0 Å². The summed E-state index contributed by atoms with van der Waals surface area (Å²) in [7, 11) is 2.09. The number of benzene rings is 2. The molecule has 0 radical (unpaired) electrons. The van der Waals surface area contributed by atoms with Gasteiger partial charge in [-0.3, -0.25) is 0 Å². The second-order valence-electron chi connectivity index (χ2n) is 5.35. The molecule has 0 aliphatic carbocycles. The number of hydrogen-bond donors (Lipinski definition) is 1. The van der Waals surface area contributed by atoms with Crippen LogP contribution in [-0.4, -0.2) is 16.1 Å². The molecule has 0 saturated carbocycles. The van der Waals surface area contributed by atoms with E-state index in [0.717, 1.165) is 30.9 Å². The van der Waals surface area contributed by atoms with Crippen LogP contribution in [0.4, 0.5) is 0 Å². The molecular formula is C18H21N3. The number of rotatable bonds is 5. The van der Waals surface area contributed by atoms with Gasteiger partial charge in [0.25, 0.3) is 0 Å². The zero-order chi connectivity index (χ0) is 14.7. The van der Waals surface area contributed by atoms with Gasteiger partial charge in [-0.15, -0.1) is 0 Å².